The second-order valence-corrected chi connectivity index (χ2v) is 5.12. The lowest BCUT2D eigenvalue weighted by Gasteiger charge is -2.15. The molecule has 100 valence electrons. The molecule has 0 radical (unpaired) electrons. The second-order valence-electron chi connectivity index (χ2n) is 4.71. The van der Waals surface area contributed by atoms with Gasteiger partial charge in [-0.2, -0.15) is 0 Å². The Bertz CT molecular complexity index is 531. The van der Waals surface area contributed by atoms with Crippen LogP contribution in [-0.2, 0) is 6.54 Å². The maximum atomic E-state index is 13.6. The van der Waals surface area contributed by atoms with Gasteiger partial charge in [0.05, 0.1) is 0 Å². The summed E-state index contributed by atoms with van der Waals surface area (Å²) in [5.74, 6) is -0.267. The normalized spacial score (nSPS) is 12.4. The van der Waals surface area contributed by atoms with Crippen LogP contribution in [-0.4, -0.2) is 0 Å². The van der Waals surface area contributed by atoms with Crippen LogP contribution >= 0.6 is 11.6 Å². The van der Waals surface area contributed by atoms with Gasteiger partial charge in [-0.25, -0.2) is 4.39 Å². The highest BCUT2D eigenvalue weighted by Gasteiger charge is 2.09. The first-order valence-corrected chi connectivity index (χ1v) is 6.68. The zero-order chi connectivity index (χ0) is 13.8. The Morgan fingerprint density at radius 2 is 1.84 bits per heavy atom. The molecule has 1 N–H and O–H groups in total. The molecule has 0 spiro atoms. The molecular weight excluding hydrogens is 261 g/mol. The van der Waals surface area contributed by atoms with Crippen LogP contribution in [0.1, 0.15) is 29.7 Å². The maximum Gasteiger partial charge on any atom is 0.129 e. The van der Waals surface area contributed by atoms with E-state index in [2.05, 4.69) is 43.4 Å². The summed E-state index contributed by atoms with van der Waals surface area (Å²) in [4.78, 5) is 0. The quantitative estimate of drug-likeness (QED) is 0.858. The van der Waals surface area contributed by atoms with Crippen LogP contribution in [0.3, 0.4) is 0 Å². The minimum atomic E-state index is -0.267. The first-order valence-electron chi connectivity index (χ1n) is 6.31. The van der Waals surface area contributed by atoms with E-state index in [1.807, 2.05) is 0 Å². The number of aryl methyl sites for hydroxylation is 1. The predicted octanol–water partition coefficient (Wildman–Crippen LogP) is 4.64. The van der Waals surface area contributed by atoms with E-state index in [-0.39, 0.29) is 11.9 Å². The fraction of sp³-hybridized carbons (Fsp3) is 0.250. The second kappa shape index (κ2) is 6.18. The van der Waals surface area contributed by atoms with Gasteiger partial charge in [0.1, 0.15) is 5.82 Å². The molecule has 19 heavy (non-hydrogen) atoms. The minimum Gasteiger partial charge on any atom is -0.306 e. The molecule has 0 unspecified atom stereocenters. The lowest BCUT2D eigenvalue weighted by molar-refractivity contribution is 0.544. The standard InChI is InChI=1S/C16H17ClFN/c1-11-6-8-13(9-7-11)12(2)19-10-14-15(17)4-3-5-16(14)18/h3-9,12,19H,10H2,1-2H3/t12-/m0/s1. The average molecular weight is 278 g/mol. The third kappa shape index (κ3) is 3.55. The van der Waals surface area contributed by atoms with Crippen molar-refractivity contribution in [1.29, 1.82) is 0 Å². The van der Waals surface area contributed by atoms with Gasteiger partial charge in [-0.1, -0.05) is 47.5 Å². The highest BCUT2D eigenvalue weighted by Crippen LogP contribution is 2.20. The summed E-state index contributed by atoms with van der Waals surface area (Å²) in [6.45, 7) is 4.53. The highest BCUT2D eigenvalue weighted by atomic mass is 35.5. The number of nitrogens with one attached hydrogen (secondary N) is 1. The number of hydrogen-bond acceptors (Lipinski definition) is 1. The Morgan fingerprint density at radius 1 is 1.16 bits per heavy atom. The Balaban J connectivity index is 2.04. The molecule has 2 rings (SSSR count). The maximum absolute atomic E-state index is 13.6. The van der Waals surface area contributed by atoms with Gasteiger partial charge >= 0.3 is 0 Å². The summed E-state index contributed by atoms with van der Waals surface area (Å²) < 4.78 is 13.6. The minimum absolute atomic E-state index is 0.149. The largest absolute Gasteiger partial charge is 0.306 e. The van der Waals surface area contributed by atoms with Crippen molar-refractivity contribution in [2.45, 2.75) is 26.4 Å². The van der Waals surface area contributed by atoms with Crippen LogP contribution in [0.25, 0.3) is 0 Å². The molecular formula is C16H17ClFN. The van der Waals surface area contributed by atoms with Crippen molar-refractivity contribution in [3.63, 3.8) is 0 Å². The van der Waals surface area contributed by atoms with Crippen molar-refractivity contribution in [2.24, 2.45) is 0 Å². The van der Waals surface area contributed by atoms with Gasteiger partial charge in [0, 0.05) is 23.2 Å². The van der Waals surface area contributed by atoms with Gasteiger partial charge in [-0.3, -0.25) is 0 Å². The fourth-order valence-electron chi connectivity index (χ4n) is 1.93. The topological polar surface area (TPSA) is 12.0 Å². The Hall–Kier alpha value is -1.38. The molecule has 0 fully saturated rings. The van der Waals surface area contributed by atoms with Crippen LogP contribution in [0.2, 0.25) is 5.02 Å². The molecule has 0 aliphatic carbocycles. The Kier molecular flexibility index (Phi) is 4.56. The third-order valence-corrected chi connectivity index (χ3v) is 3.58. The van der Waals surface area contributed by atoms with E-state index >= 15 is 0 Å². The van der Waals surface area contributed by atoms with Crippen molar-refractivity contribution >= 4 is 11.6 Å². The van der Waals surface area contributed by atoms with Gasteiger partial charge in [-0.05, 0) is 31.5 Å². The van der Waals surface area contributed by atoms with Crippen LogP contribution in [0.5, 0.6) is 0 Å². The number of halogens is 2. The Morgan fingerprint density at radius 3 is 2.47 bits per heavy atom. The number of hydrogen-bond donors (Lipinski definition) is 1. The predicted molar refractivity (Wildman–Crippen MR) is 77.8 cm³/mol. The molecule has 0 bridgehead atoms. The molecule has 1 atom stereocenters. The van der Waals surface area contributed by atoms with E-state index in [4.69, 9.17) is 11.6 Å². The van der Waals surface area contributed by atoms with E-state index in [0.717, 1.165) is 0 Å². The zero-order valence-corrected chi connectivity index (χ0v) is 11.8. The summed E-state index contributed by atoms with van der Waals surface area (Å²) in [7, 11) is 0. The van der Waals surface area contributed by atoms with Gasteiger partial charge < -0.3 is 5.32 Å². The molecule has 0 aliphatic heterocycles. The molecule has 0 heterocycles. The lowest BCUT2D eigenvalue weighted by Crippen LogP contribution is -2.19. The van der Waals surface area contributed by atoms with Crippen molar-refractivity contribution in [3.05, 3.63) is 70.0 Å². The van der Waals surface area contributed by atoms with E-state index in [0.29, 0.717) is 17.1 Å². The first-order chi connectivity index (χ1) is 9.08. The molecule has 2 aromatic carbocycles. The van der Waals surface area contributed by atoms with E-state index < -0.39 is 0 Å². The summed E-state index contributed by atoms with van der Waals surface area (Å²) in [5.41, 5.74) is 2.93. The van der Waals surface area contributed by atoms with Gasteiger partial charge in [0.15, 0.2) is 0 Å². The molecule has 1 nitrogen and oxygen atoms in total. The smallest absolute Gasteiger partial charge is 0.129 e. The van der Waals surface area contributed by atoms with Crippen LogP contribution in [0.4, 0.5) is 4.39 Å². The fourth-order valence-corrected chi connectivity index (χ4v) is 2.16. The molecule has 0 saturated heterocycles. The monoisotopic (exact) mass is 277 g/mol. The highest BCUT2D eigenvalue weighted by molar-refractivity contribution is 6.31. The van der Waals surface area contributed by atoms with Crippen molar-refractivity contribution in [2.75, 3.05) is 0 Å². The first kappa shape index (κ1) is 14.0. The average Bonchev–Trinajstić information content (AvgIpc) is 2.38. The summed E-state index contributed by atoms with van der Waals surface area (Å²) in [6, 6.07) is 13.2. The van der Waals surface area contributed by atoms with E-state index in [1.54, 1.807) is 12.1 Å². The molecule has 0 aliphatic rings. The Labute approximate surface area is 118 Å². The van der Waals surface area contributed by atoms with Gasteiger partial charge in [0.25, 0.3) is 0 Å². The summed E-state index contributed by atoms with van der Waals surface area (Å²) in [6.07, 6.45) is 0. The molecule has 0 amide bonds. The van der Waals surface area contributed by atoms with Gasteiger partial charge in [-0.15, -0.1) is 0 Å². The van der Waals surface area contributed by atoms with Crippen LogP contribution in [0.15, 0.2) is 42.5 Å². The third-order valence-electron chi connectivity index (χ3n) is 3.22. The van der Waals surface area contributed by atoms with Crippen molar-refractivity contribution in [1.82, 2.24) is 5.32 Å². The summed E-state index contributed by atoms with van der Waals surface area (Å²) in [5, 5.41) is 3.75. The SMILES string of the molecule is Cc1ccc([C@H](C)NCc2c(F)cccc2Cl)cc1. The van der Waals surface area contributed by atoms with Crippen LogP contribution < -0.4 is 5.32 Å². The molecule has 0 saturated carbocycles. The number of rotatable bonds is 4. The van der Waals surface area contributed by atoms with Crippen molar-refractivity contribution < 1.29 is 4.39 Å². The molecule has 2 aromatic rings. The van der Waals surface area contributed by atoms with Gasteiger partial charge in [0.2, 0.25) is 0 Å². The molecule has 0 aromatic heterocycles. The van der Waals surface area contributed by atoms with E-state index in [9.17, 15) is 4.39 Å². The zero-order valence-electron chi connectivity index (χ0n) is 11.1. The van der Waals surface area contributed by atoms with E-state index in [1.165, 1.54) is 17.2 Å². The van der Waals surface area contributed by atoms with Crippen molar-refractivity contribution in [3.8, 4) is 0 Å². The van der Waals surface area contributed by atoms with Crippen LogP contribution in [0, 0.1) is 12.7 Å². The summed E-state index contributed by atoms with van der Waals surface area (Å²) >= 11 is 6.00. The molecule has 3 heteroatoms. The number of benzene rings is 2. The lowest BCUT2D eigenvalue weighted by atomic mass is 10.1.